The molecule has 1 aromatic heterocycles. The summed E-state index contributed by atoms with van der Waals surface area (Å²) < 4.78 is 2.18. The summed E-state index contributed by atoms with van der Waals surface area (Å²) in [6, 6.07) is 2.17. The van der Waals surface area contributed by atoms with E-state index >= 15 is 0 Å². The fraction of sp³-hybridized carbons (Fsp3) is 0.812. The molecule has 1 aromatic rings. The Morgan fingerprint density at radius 1 is 1.37 bits per heavy atom. The van der Waals surface area contributed by atoms with Gasteiger partial charge in [0.25, 0.3) is 0 Å². The summed E-state index contributed by atoms with van der Waals surface area (Å²) in [6.07, 6.45) is 8.07. The lowest BCUT2D eigenvalue weighted by atomic mass is 9.89. The minimum Gasteiger partial charge on any atom is -0.311 e. The first-order chi connectivity index (χ1) is 9.20. The lowest BCUT2D eigenvalue weighted by molar-refractivity contribution is 0.285. The Morgan fingerprint density at radius 3 is 2.95 bits per heavy atom. The molecular formula is C16H27N3. The van der Waals surface area contributed by atoms with Crippen LogP contribution < -0.4 is 5.32 Å². The maximum atomic E-state index is 4.71. The van der Waals surface area contributed by atoms with E-state index < -0.39 is 0 Å². The molecule has 0 aliphatic heterocycles. The zero-order valence-corrected chi connectivity index (χ0v) is 12.3. The molecule has 1 N–H and O–H groups in total. The normalized spacial score (nSPS) is 29.5. The van der Waals surface area contributed by atoms with Crippen molar-refractivity contribution in [3.05, 3.63) is 18.0 Å². The summed E-state index contributed by atoms with van der Waals surface area (Å²) in [4.78, 5) is 0. The first-order valence-electron chi connectivity index (χ1n) is 7.93. The molecule has 0 radical (unpaired) electrons. The van der Waals surface area contributed by atoms with Crippen LogP contribution in [0, 0.1) is 23.7 Å². The molecule has 106 valence electrons. The van der Waals surface area contributed by atoms with Gasteiger partial charge < -0.3 is 5.32 Å². The second-order valence-electron chi connectivity index (χ2n) is 6.99. The highest BCUT2D eigenvalue weighted by molar-refractivity contribution is 4.99. The van der Waals surface area contributed by atoms with Crippen molar-refractivity contribution in [2.45, 2.75) is 52.6 Å². The minimum absolute atomic E-state index is 0.705. The summed E-state index contributed by atoms with van der Waals surface area (Å²) in [6.45, 7) is 7.59. The van der Waals surface area contributed by atoms with Crippen molar-refractivity contribution >= 4 is 0 Å². The zero-order valence-electron chi connectivity index (χ0n) is 12.3. The van der Waals surface area contributed by atoms with Gasteiger partial charge in [-0.2, -0.15) is 5.10 Å². The maximum Gasteiger partial charge on any atom is 0.0762 e. The van der Waals surface area contributed by atoms with Crippen LogP contribution in [0.5, 0.6) is 0 Å². The third kappa shape index (κ3) is 3.19. The van der Waals surface area contributed by atoms with Crippen molar-refractivity contribution in [2.24, 2.45) is 23.7 Å². The molecule has 3 atom stereocenters. The molecule has 19 heavy (non-hydrogen) atoms. The molecular weight excluding hydrogens is 234 g/mol. The molecule has 2 aliphatic carbocycles. The summed E-state index contributed by atoms with van der Waals surface area (Å²) in [7, 11) is 0. The fourth-order valence-corrected chi connectivity index (χ4v) is 3.93. The quantitative estimate of drug-likeness (QED) is 0.853. The lowest BCUT2D eigenvalue weighted by Gasteiger charge is -2.21. The summed E-state index contributed by atoms with van der Waals surface area (Å²) >= 11 is 0. The highest BCUT2D eigenvalue weighted by Gasteiger charge is 2.39. The molecule has 0 spiro atoms. The smallest absolute Gasteiger partial charge is 0.0762 e. The van der Waals surface area contributed by atoms with Crippen LogP contribution >= 0.6 is 0 Å². The van der Waals surface area contributed by atoms with Gasteiger partial charge in [-0.1, -0.05) is 20.3 Å². The van der Waals surface area contributed by atoms with E-state index in [0.29, 0.717) is 5.92 Å². The van der Waals surface area contributed by atoms with Crippen molar-refractivity contribution in [1.82, 2.24) is 15.1 Å². The Labute approximate surface area is 116 Å². The van der Waals surface area contributed by atoms with Crippen LogP contribution in [-0.4, -0.2) is 16.3 Å². The van der Waals surface area contributed by atoms with E-state index in [1.54, 1.807) is 0 Å². The van der Waals surface area contributed by atoms with Crippen molar-refractivity contribution in [3.63, 3.8) is 0 Å². The first-order valence-corrected chi connectivity index (χ1v) is 7.93. The average molecular weight is 261 g/mol. The number of aromatic nitrogens is 2. The zero-order chi connectivity index (χ0) is 13.2. The van der Waals surface area contributed by atoms with Crippen LogP contribution in [0.4, 0.5) is 0 Å². The lowest BCUT2D eigenvalue weighted by Crippen LogP contribution is -2.20. The van der Waals surface area contributed by atoms with E-state index in [0.717, 1.165) is 37.4 Å². The molecule has 3 nitrogen and oxygen atoms in total. The highest BCUT2D eigenvalue weighted by Crippen LogP contribution is 2.48. The average Bonchev–Trinajstić information content (AvgIpc) is 3.05. The molecule has 2 saturated carbocycles. The fourth-order valence-electron chi connectivity index (χ4n) is 3.93. The van der Waals surface area contributed by atoms with Crippen molar-refractivity contribution < 1.29 is 0 Å². The van der Waals surface area contributed by atoms with Gasteiger partial charge in [0, 0.05) is 19.3 Å². The van der Waals surface area contributed by atoms with E-state index in [9.17, 15) is 0 Å². The number of hydrogen-bond donors (Lipinski definition) is 1. The highest BCUT2D eigenvalue weighted by atomic mass is 15.3. The van der Waals surface area contributed by atoms with Crippen LogP contribution in [0.3, 0.4) is 0 Å². The Balaban J connectivity index is 1.48. The predicted octanol–water partition coefficient (Wildman–Crippen LogP) is 3.06. The molecule has 3 rings (SSSR count). The van der Waals surface area contributed by atoms with Gasteiger partial charge in [0.1, 0.15) is 0 Å². The number of nitrogens with zero attached hydrogens (tertiary/aromatic N) is 2. The SMILES string of the molecule is CC(C)CNCc1ccn(CC2CC3CCC2C3)n1. The number of fused-ring (bicyclic) bond motifs is 2. The summed E-state index contributed by atoms with van der Waals surface area (Å²) in [5, 5.41) is 8.17. The summed E-state index contributed by atoms with van der Waals surface area (Å²) in [5.41, 5.74) is 1.18. The Kier molecular flexibility index (Phi) is 3.92. The van der Waals surface area contributed by atoms with Crippen LogP contribution in [0.1, 0.15) is 45.2 Å². The van der Waals surface area contributed by atoms with Crippen LogP contribution in [-0.2, 0) is 13.1 Å². The molecule has 2 fully saturated rings. The molecule has 3 unspecified atom stereocenters. The molecule has 0 saturated heterocycles. The third-order valence-corrected chi connectivity index (χ3v) is 4.86. The van der Waals surface area contributed by atoms with E-state index in [4.69, 9.17) is 5.10 Å². The van der Waals surface area contributed by atoms with Gasteiger partial charge >= 0.3 is 0 Å². The molecule has 3 heteroatoms. The minimum atomic E-state index is 0.705. The van der Waals surface area contributed by atoms with E-state index in [1.807, 2.05) is 0 Å². The first kappa shape index (κ1) is 13.2. The second kappa shape index (κ2) is 5.66. The van der Waals surface area contributed by atoms with Crippen LogP contribution in [0.2, 0.25) is 0 Å². The van der Waals surface area contributed by atoms with Gasteiger partial charge in [0.2, 0.25) is 0 Å². The van der Waals surface area contributed by atoms with Gasteiger partial charge in [-0.05, 0) is 55.5 Å². The standard InChI is InChI=1S/C16H27N3/c1-12(2)9-17-10-16-5-6-19(18-16)11-15-8-13-3-4-14(15)7-13/h5-6,12-15,17H,3-4,7-11H2,1-2H3. The molecule has 2 aliphatic rings. The maximum absolute atomic E-state index is 4.71. The van der Waals surface area contributed by atoms with Crippen molar-refractivity contribution in [3.8, 4) is 0 Å². The Hall–Kier alpha value is -0.830. The number of nitrogens with one attached hydrogen (secondary N) is 1. The van der Waals surface area contributed by atoms with E-state index in [-0.39, 0.29) is 0 Å². The predicted molar refractivity (Wildman–Crippen MR) is 77.7 cm³/mol. The van der Waals surface area contributed by atoms with Crippen molar-refractivity contribution in [1.29, 1.82) is 0 Å². The summed E-state index contributed by atoms with van der Waals surface area (Å²) in [5.74, 6) is 3.64. The monoisotopic (exact) mass is 261 g/mol. The Morgan fingerprint density at radius 2 is 2.26 bits per heavy atom. The van der Waals surface area contributed by atoms with E-state index in [1.165, 1.54) is 31.4 Å². The third-order valence-electron chi connectivity index (χ3n) is 4.86. The molecule has 2 bridgehead atoms. The molecule has 0 amide bonds. The van der Waals surface area contributed by atoms with Crippen molar-refractivity contribution in [2.75, 3.05) is 6.54 Å². The Bertz CT molecular complexity index is 410. The molecule has 1 heterocycles. The van der Waals surface area contributed by atoms with Gasteiger partial charge in [0.05, 0.1) is 5.69 Å². The van der Waals surface area contributed by atoms with Crippen LogP contribution in [0.25, 0.3) is 0 Å². The number of rotatable bonds is 6. The molecule has 0 aromatic carbocycles. The van der Waals surface area contributed by atoms with Crippen LogP contribution in [0.15, 0.2) is 12.3 Å². The van der Waals surface area contributed by atoms with Gasteiger partial charge in [-0.3, -0.25) is 4.68 Å². The van der Waals surface area contributed by atoms with E-state index in [2.05, 4.69) is 36.1 Å². The second-order valence-corrected chi connectivity index (χ2v) is 6.99. The largest absolute Gasteiger partial charge is 0.311 e. The number of hydrogen-bond acceptors (Lipinski definition) is 2. The van der Waals surface area contributed by atoms with Gasteiger partial charge in [-0.25, -0.2) is 0 Å². The van der Waals surface area contributed by atoms with Gasteiger partial charge in [0.15, 0.2) is 0 Å². The van der Waals surface area contributed by atoms with Gasteiger partial charge in [-0.15, -0.1) is 0 Å². The topological polar surface area (TPSA) is 29.9 Å².